The Labute approximate surface area is 98.2 Å². The van der Waals surface area contributed by atoms with E-state index in [1.807, 2.05) is 0 Å². The lowest BCUT2D eigenvalue weighted by molar-refractivity contribution is -0.135. The highest BCUT2D eigenvalue weighted by atomic mass is 16.4. The maximum atomic E-state index is 11.8. The van der Waals surface area contributed by atoms with Crippen molar-refractivity contribution in [3.8, 4) is 0 Å². The number of amides is 3. The molecule has 0 aliphatic carbocycles. The predicted octanol–water partition coefficient (Wildman–Crippen LogP) is -1.01. The molecule has 2 aliphatic rings. The van der Waals surface area contributed by atoms with Gasteiger partial charge in [-0.25, -0.2) is 4.79 Å². The smallest absolute Gasteiger partial charge is 0.323 e. The Morgan fingerprint density at radius 2 is 2.29 bits per heavy atom. The van der Waals surface area contributed by atoms with Gasteiger partial charge in [-0.2, -0.15) is 0 Å². The number of carboxylic acid groups (broad SMARTS) is 1. The Hall–Kier alpha value is -1.79. The van der Waals surface area contributed by atoms with Crippen LogP contribution in [0.15, 0.2) is 0 Å². The van der Waals surface area contributed by atoms with Crippen molar-refractivity contribution < 1.29 is 19.5 Å². The summed E-state index contributed by atoms with van der Waals surface area (Å²) in [6, 6.07) is -0.538. The summed E-state index contributed by atoms with van der Waals surface area (Å²) in [6.07, 6.45) is 1.56. The van der Waals surface area contributed by atoms with Gasteiger partial charge in [0, 0.05) is 13.1 Å². The minimum absolute atomic E-state index is 0.00858. The summed E-state index contributed by atoms with van der Waals surface area (Å²) in [5.74, 6) is -1.22. The number of fused-ring (bicyclic) bond motifs is 1. The van der Waals surface area contributed by atoms with E-state index < -0.39 is 18.5 Å². The molecule has 2 fully saturated rings. The number of hydrogen-bond acceptors (Lipinski definition) is 3. The standard InChI is InChI=1S/C10H15N3O4/c14-8(15)5-12-10(17)13-3-1-2-6-7(13)4-11-9(6)16/h6-7H,1-5H2,(H,11,16)(H,12,17)(H,14,15). The van der Waals surface area contributed by atoms with Gasteiger partial charge in [-0.3, -0.25) is 9.59 Å². The van der Waals surface area contributed by atoms with Crippen LogP contribution in [0.5, 0.6) is 0 Å². The first kappa shape index (κ1) is 11.7. The molecule has 7 heteroatoms. The van der Waals surface area contributed by atoms with Crippen molar-refractivity contribution in [3.05, 3.63) is 0 Å². The third-order valence-electron chi connectivity index (χ3n) is 3.25. The second kappa shape index (κ2) is 4.60. The quantitative estimate of drug-likeness (QED) is 0.577. The number of carboxylic acids is 1. The Balaban J connectivity index is 1.98. The fourth-order valence-corrected chi connectivity index (χ4v) is 2.46. The van der Waals surface area contributed by atoms with E-state index in [-0.39, 0.29) is 17.9 Å². The van der Waals surface area contributed by atoms with E-state index in [1.54, 1.807) is 4.90 Å². The third-order valence-corrected chi connectivity index (χ3v) is 3.25. The van der Waals surface area contributed by atoms with E-state index in [1.165, 1.54) is 0 Å². The lowest BCUT2D eigenvalue weighted by Crippen LogP contribution is -2.53. The Morgan fingerprint density at radius 1 is 1.53 bits per heavy atom. The van der Waals surface area contributed by atoms with E-state index in [9.17, 15) is 14.4 Å². The van der Waals surface area contributed by atoms with Crippen molar-refractivity contribution in [1.82, 2.24) is 15.5 Å². The minimum atomic E-state index is -1.08. The maximum Gasteiger partial charge on any atom is 0.323 e. The minimum Gasteiger partial charge on any atom is -0.480 e. The number of carbonyl (C=O) groups excluding carboxylic acids is 2. The largest absolute Gasteiger partial charge is 0.480 e. The van der Waals surface area contributed by atoms with E-state index >= 15 is 0 Å². The average molecular weight is 241 g/mol. The second-order valence-corrected chi connectivity index (χ2v) is 4.31. The number of piperidine rings is 1. The molecule has 3 amide bonds. The zero-order valence-electron chi connectivity index (χ0n) is 9.31. The topological polar surface area (TPSA) is 98.7 Å². The summed E-state index contributed by atoms with van der Waals surface area (Å²) in [5, 5.41) is 13.6. The first-order chi connectivity index (χ1) is 8.09. The van der Waals surface area contributed by atoms with Crippen LogP contribution in [0.4, 0.5) is 4.79 Å². The Morgan fingerprint density at radius 3 is 3.00 bits per heavy atom. The highest BCUT2D eigenvalue weighted by molar-refractivity contribution is 5.85. The monoisotopic (exact) mass is 241 g/mol. The van der Waals surface area contributed by atoms with Gasteiger partial charge in [0.05, 0.1) is 12.0 Å². The molecular weight excluding hydrogens is 226 g/mol. The molecule has 2 atom stereocenters. The zero-order chi connectivity index (χ0) is 12.4. The Kier molecular flexibility index (Phi) is 3.16. The van der Waals surface area contributed by atoms with Crippen LogP contribution in [0.1, 0.15) is 12.8 Å². The molecule has 0 radical (unpaired) electrons. The number of urea groups is 1. The highest BCUT2D eigenvalue weighted by Gasteiger charge is 2.42. The average Bonchev–Trinajstić information content (AvgIpc) is 2.68. The molecule has 0 aromatic rings. The molecule has 3 N–H and O–H groups in total. The molecule has 0 bridgehead atoms. The fourth-order valence-electron chi connectivity index (χ4n) is 2.46. The molecule has 7 nitrogen and oxygen atoms in total. The predicted molar refractivity (Wildman–Crippen MR) is 57.3 cm³/mol. The van der Waals surface area contributed by atoms with Gasteiger partial charge in [-0.05, 0) is 12.8 Å². The number of likely N-dealkylation sites (tertiary alicyclic amines) is 1. The first-order valence-corrected chi connectivity index (χ1v) is 5.63. The Bertz CT molecular complexity index is 357. The summed E-state index contributed by atoms with van der Waals surface area (Å²) in [5.41, 5.74) is 0. The summed E-state index contributed by atoms with van der Waals surface area (Å²) >= 11 is 0. The van der Waals surface area contributed by atoms with E-state index in [4.69, 9.17) is 5.11 Å². The van der Waals surface area contributed by atoms with Crippen molar-refractivity contribution in [2.45, 2.75) is 18.9 Å². The summed E-state index contributed by atoms with van der Waals surface area (Å²) in [7, 11) is 0. The van der Waals surface area contributed by atoms with Crippen LogP contribution in [0, 0.1) is 5.92 Å². The van der Waals surface area contributed by atoms with Crippen LogP contribution in [0.3, 0.4) is 0 Å². The van der Waals surface area contributed by atoms with Crippen molar-refractivity contribution >= 4 is 17.9 Å². The third kappa shape index (κ3) is 2.32. The summed E-state index contributed by atoms with van der Waals surface area (Å²) in [6.45, 7) is 0.639. The molecule has 2 unspecified atom stereocenters. The van der Waals surface area contributed by atoms with Crippen LogP contribution in [-0.2, 0) is 9.59 Å². The molecule has 2 rings (SSSR count). The highest BCUT2D eigenvalue weighted by Crippen LogP contribution is 2.27. The van der Waals surface area contributed by atoms with Gasteiger partial charge in [0.15, 0.2) is 0 Å². The van der Waals surface area contributed by atoms with Crippen LogP contribution in [0.2, 0.25) is 0 Å². The van der Waals surface area contributed by atoms with Crippen molar-refractivity contribution in [1.29, 1.82) is 0 Å². The van der Waals surface area contributed by atoms with Gasteiger partial charge in [0.2, 0.25) is 5.91 Å². The van der Waals surface area contributed by atoms with Gasteiger partial charge < -0.3 is 20.6 Å². The molecule has 2 aliphatic heterocycles. The van der Waals surface area contributed by atoms with Crippen molar-refractivity contribution in [2.75, 3.05) is 19.6 Å². The van der Waals surface area contributed by atoms with Crippen LogP contribution >= 0.6 is 0 Å². The number of rotatable bonds is 2. The lowest BCUT2D eigenvalue weighted by atomic mass is 9.92. The number of nitrogens with one attached hydrogen (secondary N) is 2. The zero-order valence-corrected chi connectivity index (χ0v) is 9.31. The molecule has 0 aromatic carbocycles. The van der Waals surface area contributed by atoms with Crippen molar-refractivity contribution in [3.63, 3.8) is 0 Å². The maximum absolute atomic E-state index is 11.8. The van der Waals surface area contributed by atoms with Gasteiger partial charge >= 0.3 is 12.0 Å². The molecule has 94 valence electrons. The molecule has 2 heterocycles. The SMILES string of the molecule is O=C(O)CNC(=O)N1CCCC2C(=O)NCC21. The van der Waals surface area contributed by atoms with Crippen LogP contribution < -0.4 is 10.6 Å². The molecule has 0 aromatic heterocycles. The van der Waals surface area contributed by atoms with Crippen LogP contribution in [0.25, 0.3) is 0 Å². The van der Waals surface area contributed by atoms with Crippen molar-refractivity contribution in [2.24, 2.45) is 5.92 Å². The van der Waals surface area contributed by atoms with Gasteiger partial charge in [0.1, 0.15) is 6.54 Å². The normalized spacial score (nSPS) is 27.3. The van der Waals surface area contributed by atoms with Gasteiger partial charge in [-0.1, -0.05) is 0 Å². The summed E-state index contributed by atoms with van der Waals surface area (Å²) in [4.78, 5) is 35.2. The molecule has 17 heavy (non-hydrogen) atoms. The van der Waals surface area contributed by atoms with E-state index in [2.05, 4.69) is 10.6 Å². The van der Waals surface area contributed by atoms with Gasteiger partial charge in [0.25, 0.3) is 0 Å². The molecule has 2 saturated heterocycles. The number of carbonyl (C=O) groups is 3. The molecular formula is C10H15N3O4. The van der Waals surface area contributed by atoms with E-state index in [0.717, 1.165) is 12.8 Å². The lowest BCUT2D eigenvalue weighted by Gasteiger charge is -2.35. The molecule has 0 saturated carbocycles. The molecule has 0 spiro atoms. The first-order valence-electron chi connectivity index (χ1n) is 5.63. The number of hydrogen-bond donors (Lipinski definition) is 3. The fraction of sp³-hybridized carbons (Fsp3) is 0.700. The van der Waals surface area contributed by atoms with Gasteiger partial charge in [-0.15, -0.1) is 0 Å². The van der Waals surface area contributed by atoms with E-state index in [0.29, 0.717) is 13.1 Å². The second-order valence-electron chi connectivity index (χ2n) is 4.31. The number of aliphatic carboxylic acids is 1. The summed E-state index contributed by atoms with van der Waals surface area (Å²) < 4.78 is 0. The van der Waals surface area contributed by atoms with Crippen LogP contribution in [-0.4, -0.2) is 53.6 Å². The number of nitrogens with zero attached hydrogens (tertiary/aromatic N) is 1.